The van der Waals surface area contributed by atoms with E-state index in [-0.39, 0.29) is 0 Å². The molecular formula is C13H9Ti. The monoisotopic (exact) mass is 213 g/mol. The Hall–Kier alpha value is -0.846. The van der Waals surface area contributed by atoms with Gasteiger partial charge in [-0.2, -0.15) is 0 Å². The molecule has 0 heterocycles. The summed E-state index contributed by atoms with van der Waals surface area (Å²) in [5, 5.41) is 0. The summed E-state index contributed by atoms with van der Waals surface area (Å²) in [6.45, 7) is 0. The van der Waals surface area contributed by atoms with E-state index in [1.165, 1.54) is 26.1 Å². The summed E-state index contributed by atoms with van der Waals surface area (Å²) in [5.74, 6) is 0. The van der Waals surface area contributed by atoms with E-state index in [4.69, 9.17) is 0 Å². The second-order valence-corrected chi connectivity index (χ2v) is 4.51. The van der Waals surface area contributed by atoms with Gasteiger partial charge in [0, 0.05) is 0 Å². The van der Waals surface area contributed by atoms with Crippen molar-refractivity contribution in [1.29, 1.82) is 0 Å². The van der Waals surface area contributed by atoms with Crippen LogP contribution in [0.4, 0.5) is 0 Å². The van der Waals surface area contributed by atoms with Crippen LogP contribution in [0.1, 0.15) is 11.1 Å². The molecule has 3 rings (SSSR count). The Morgan fingerprint density at radius 1 is 0.857 bits per heavy atom. The van der Waals surface area contributed by atoms with Crippen LogP contribution in [0.15, 0.2) is 42.5 Å². The van der Waals surface area contributed by atoms with E-state index in [2.05, 4.69) is 62.9 Å². The molecule has 1 heteroatoms. The molecule has 0 N–H and O–H groups in total. The van der Waals surface area contributed by atoms with Gasteiger partial charge in [0.2, 0.25) is 0 Å². The number of rotatable bonds is 0. The first-order chi connectivity index (χ1) is 6.86. The SMILES string of the molecule is [Ti][c]1cccc2c1Cc1ccccc1-2. The average Bonchev–Trinajstić information content (AvgIpc) is 2.59. The zero-order valence-electron chi connectivity index (χ0n) is 7.75. The topological polar surface area (TPSA) is 0 Å². The Kier molecular flexibility index (Phi) is 1.86. The van der Waals surface area contributed by atoms with Crippen LogP contribution < -0.4 is 3.87 Å². The van der Waals surface area contributed by atoms with E-state index < -0.39 is 0 Å². The first-order valence-corrected chi connectivity index (χ1v) is 5.56. The Bertz CT molecular complexity index is 500. The van der Waals surface area contributed by atoms with Gasteiger partial charge in [-0.1, -0.05) is 0 Å². The molecule has 2 aromatic carbocycles. The summed E-state index contributed by atoms with van der Waals surface area (Å²) in [7, 11) is 0. The molecule has 0 nitrogen and oxygen atoms in total. The molecule has 0 fully saturated rings. The first kappa shape index (κ1) is 8.46. The first-order valence-electron chi connectivity index (χ1n) is 4.78. The third kappa shape index (κ3) is 1.11. The van der Waals surface area contributed by atoms with Gasteiger partial charge in [0.15, 0.2) is 0 Å². The van der Waals surface area contributed by atoms with Gasteiger partial charge in [-0.15, -0.1) is 0 Å². The van der Waals surface area contributed by atoms with Crippen LogP contribution in [-0.4, -0.2) is 0 Å². The van der Waals surface area contributed by atoms with Gasteiger partial charge in [0.25, 0.3) is 0 Å². The summed E-state index contributed by atoms with van der Waals surface area (Å²) in [6, 6.07) is 15.3. The maximum absolute atomic E-state index is 2.23. The van der Waals surface area contributed by atoms with Crippen LogP contribution in [0.25, 0.3) is 11.1 Å². The molecule has 1 aliphatic carbocycles. The molecule has 0 saturated heterocycles. The Morgan fingerprint density at radius 2 is 1.64 bits per heavy atom. The van der Waals surface area contributed by atoms with E-state index in [1.807, 2.05) is 0 Å². The summed E-state index contributed by atoms with van der Waals surface area (Å²) in [4.78, 5) is 0. The molecule has 0 bridgehead atoms. The van der Waals surface area contributed by atoms with Crippen molar-refractivity contribution in [2.24, 2.45) is 0 Å². The van der Waals surface area contributed by atoms with Gasteiger partial charge >= 0.3 is 95.4 Å². The fourth-order valence-electron chi connectivity index (χ4n) is 2.16. The second-order valence-electron chi connectivity index (χ2n) is 3.67. The summed E-state index contributed by atoms with van der Waals surface area (Å²) >= 11 is 2.20. The second kappa shape index (κ2) is 3.08. The van der Waals surface area contributed by atoms with Gasteiger partial charge in [-0.3, -0.25) is 0 Å². The van der Waals surface area contributed by atoms with E-state index in [0.717, 1.165) is 6.42 Å². The fraction of sp³-hybridized carbons (Fsp3) is 0.0769. The third-order valence-corrected chi connectivity index (χ3v) is 3.58. The predicted molar refractivity (Wildman–Crippen MR) is 54.3 cm³/mol. The molecule has 1 aliphatic rings. The molecular weight excluding hydrogens is 204 g/mol. The minimum atomic E-state index is 1.11. The van der Waals surface area contributed by atoms with E-state index >= 15 is 0 Å². The quantitative estimate of drug-likeness (QED) is 0.503. The van der Waals surface area contributed by atoms with Crippen molar-refractivity contribution in [3.63, 3.8) is 0 Å². The summed E-state index contributed by atoms with van der Waals surface area (Å²) in [6.07, 6.45) is 1.11. The average molecular weight is 213 g/mol. The van der Waals surface area contributed by atoms with E-state index in [0.29, 0.717) is 0 Å². The molecule has 0 aromatic heterocycles. The van der Waals surface area contributed by atoms with Crippen molar-refractivity contribution in [1.82, 2.24) is 0 Å². The zero-order chi connectivity index (χ0) is 9.54. The van der Waals surface area contributed by atoms with Crippen LogP contribution >= 0.6 is 0 Å². The van der Waals surface area contributed by atoms with Gasteiger partial charge in [0.05, 0.1) is 0 Å². The molecule has 0 aliphatic heterocycles. The molecule has 0 atom stereocenters. The Morgan fingerprint density at radius 3 is 2.57 bits per heavy atom. The van der Waals surface area contributed by atoms with E-state index in [1.54, 1.807) is 0 Å². The predicted octanol–water partition coefficient (Wildman–Crippen LogP) is 2.43. The minimum absolute atomic E-state index is 1.11. The van der Waals surface area contributed by atoms with Gasteiger partial charge in [0.1, 0.15) is 0 Å². The standard InChI is InChI=1S/C13H9.Ti/c1-3-7-12-10(5-1)9-11-6-2-4-8-13(11)12;/h1-5,7-8H,9H2;. The zero-order valence-corrected chi connectivity index (χ0v) is 9.31. The molecule has 0 saturated carbocycles. The van der Waals surface area contributed by atoms with Crippen LogP contribution in [-0.2, 0) is 26.9 Å². The van der Waals surface area contributed by atoms with Crippen molar-refractivity contribution >= 4 is 3.87 Å². The Balaban J connectivity index is 2.33. The van der Waals surface area contributed by atoms with E-state index in [9.17, 15) is 0 Å². The summed E-state index contributed by atoms with van der Waals surface area (Å²) < 4.78 is 1.42. The molecule has 14 heavy (non-hydrogen) atoms. The molecule has 65 valence electrons. The number of benzene rings is 2. The van der Waals surface area contributed by atoms with Crippen LogP contribution in [0.3, 0.4) is 0 Å². The molecule has 0 unspecified atom stereocenters. The number of fused-ring (bicyclic) bond motifs is 3. The number of hydrogen-bond donors (Lipinski definition) is 0. The van der Waals surface area contributed by atoms with Crippen LogP contribution in [0.5, 0.6) is 0 Å². The van der Waals surface area contributed by atoms with Gasteiger partial charge < -0.3 is 0 Å². The third-order valence-electron chi connectivity index (χ3n) is 2.85. The van der Waals surface area contributed by atoms with Crippen molar-refractivity contribution in [2.45, 2.75) is 6.42 Å². The fourth-order valence-corrected chi connectivity index (χ4v) is 2.66. The maximum atomic E-state index is 2.23. The normalized spacial score (nSPS) is 12.2. The molecule has 2 aromatic rings. The van der Waals surface area contributed by atoms with Crippen LogP contribution in [0.2, 0.25) is 0 Å². The summed E-state index contributed by atoms with van der Waals surface area (Å²) in [5.41, 5.74) is 5.83. The molecule has 0 spiro atoms. The number of hydrogen-bond acceptors (Lipinski definition) is 0. The van der Waals surface area contributed by atoms with Crippen molar-refractivity contribution < 1.29 is 20.4 Å². The molecule has 0 amide bonds. The molecule has 0 radical (unpaired) electrons. The van der Waals surface area contributed by atoms with Crippen molar-refractivity contribution in [3.8, 4) is 11.1 Å². The van der Waals surface area contributed by atoms with Gasteiger partial charge in [-0.05, 0) is 0 Å². The van der Waals surface area contributed by atoms with Gasteiger partial charge in [-0.25, -0.2) is 0 Å². The van der Waals surface area contributed by atoms with Crippen molar-refractivity contribution in [3.05, 3.63) is 53.6 Å². The van der Waals surface area contributed by atoms with Crippen molar-refractivity contribution in [2.75, 3.05) is 0 Å². The van der Waals surface area contributed by atoms with Crippen LogP contribution in [0, 0.1) is 0 Å². The Labute approximate surface area is 95.4 Å².